The zero-order valence-electron chi connectivity index (χ0n) is 11.7. The van der Waals surface area contributed by atoms with E-state index in [4.69, 9.17) is 5.73 Å². The van der Waals surface area contributed by atoms with Gasteiger partial charge in [-0.1, -0.05) is 19.8 Å². The summed E-state index contributed by atoms with van der Waals surface area (Å²) in [5.74, 6) is 0.783. The molecule has 1 atom stereocenters. The maximum absolute atomic E-state index is 11.9. The van der Waals surface area contributed by atoms with Crippen molar-refractivity contribution < 1.29 is 4.79 Å². The van der Waals surface area contributed by atoms with Crippen molar-refractivity contribution in [3.8, 4) is 0 Å². The monoisotopic (exact) mass is 261 g/mol. The maximum Gasteiger partial charge on any atom is 0.253 e. The number of carbonyl (C=O) groups excluding carboxylic acids is 1. The van der Waals surface area contributed by atoms with Crippen molar-refractivity contribution in [1.82, 2.24) is 5.32 Å². The molecule has 0 aliphatic heterocycles. The van der Waals surface area contributed by atoms with E-state index >= 15 is 0 Å². The van der Waals surface area contributed by atoms with Crippen LogP contribution in [0.3, 0.4) is 0 Å². The Balaban J connectivity index is 2.15. The van der Waals surface area contributed by atoms with Gasteiger partial charge in [0.25, 0.3) is 5.91 Å². The van der Waals surface area contributed by atoms with Gasteiger partial charge in [0.1, 0.15) is 0 Å². The molecule has 1 unspecified atom stereocenters. The summed E-state index contributed by atoms with van der Waals surface area (Å²) in [5, 5.41) is 6.15. The van der Waals surface area contributed by atoms with Crippen molar-refractivity contribution in [2.75, 3.05) is 18.1 Å². The maximum atomic E-state index is 11.9. The highest BCUT2D eigenvalue weighted by Crippen LogP contribution is 2.35. The lowest BCUT2D eigenvalue weighted by Crippen LogP contribution is -2.24. The number of rotatable bonds is 6. The quantitative estimate of drug-likeness (QED) is 0.690. The molecule has 0 spiro atoms. The zero-order valence-corrected chi connectivity index (χ0v) is 11.7. The van der Waals surface area contributed by atoms with E-state index in [-0.39, 0.29) is 5.91 Å². The van der Waals surface area contributed by atoms with Crippen LogP contribution in [0.25, 0.3) is 0 Å². The van der Waals surface area contributed by atoms with Gasteiger partial charge in [-0.15, -0.1) is 0 Å². The summed E-state index contributed by atoms with van der Waals surface area (Å²) >= 11 is 0. The molecule has 1 aromatic rings. The third-order valence-electron chi connectivity index (χ3n) is 3.68. The average Bonchev–Trinajstić information content (AvgIpc) is 3.21. The van der Waals surface area contributed by atoms with E-state index in [0.717, 1.165) is 18.0 Å². The van der Waals surface area contributed by atoms with E-state index in [1.165, 1.54) is 19.3 Å². The lowest BCUT2D eigenvalue weighted by Gasteiger charge is -2.20. The molecule has 4 N–H and O–H groups in total. The van der Waals surface area contributed by atoms with E-state index in [1.54, 1.807) is 19.2 Å². The number of nitrogens with two attached hydrogens (primary N) is 1. The van der Waals surface area contributed by atoms with E-state index in [2.05, 4.69) is 17.6 Å². The highest BCUT2D eigenvalue weighted by molar-refractivity contribution is 6.00. The lowest BCUT2D eigenvalue weighted by atomic mass is 10.1. The second-order valence-electron chi connectivity index (χ2n) is 5.31. The lowest BCUT2D eigenvalue weighted by molar-refractivity contribution is 0.0964. The molecule has 1 saturated carbocycles. The smallest absolute Gasteiger partial charge is 0.253 e. The summed E-state index contributed by atoms with van der Waals surface area (Å²) in [7, 11) is 1.64. The molecule has 1 aliphatic carbocycles. The van der Waals surface area contributed by atoms with Crippen molar-refractivity contribution in [2.45, 2.75) is 38.6 Å². The Labute approximate surface area is 114 Å². The minimum Gasteiger partial charge on any atom is -0.399 e. The van der Waals surface area contributed by atoms with E-state index in [0.29, 0.717) is 17.3 Å². The van der Waals surface area contributed by atoms with Gasteiger partial charge in [0, 0.05) is 24.5 Å². The Hall–Kier alpha value is -1.71. The van der Waals surface area contributed by atoms with E-state index in [9.17, 15) is 4.79 Å². The Bertz CT molecular complexity index is 455. The van der Waals surface area contributed by atoms with Gasteiger partial charge in [0.05, 0.1) is 5.56 Å². The van der Waals surface area contributed by atoms with E-state index < -0.39 is 0 Å². The van der Waals surface area contributed by atoms with Gasteiger partial charge < -0.3 is 16.4 Å². The molecule has 104 valence electrons. The number of carbonyl (C=O) groups is 1. The van der Waals surface area contributed by atoms with Gasteiger partial charge in [-0.3, -0.25) is 4.79 Å². The second kappa shape index (κ2) is 5.95. The van der Waals surface area contributed by atoms with Crippen molar-refractivity contribution in [3.63, 3.8) is 0 Å². The molecule has 4 heteroatoms. The summed E-state index contributed by atoms with van der Waals surface area (Å²) in [6, 6.07) is 5.80. The SMILES string of the molecule is CCC(CC1CC1)Nc1cc(N)ccc1C(=O)NC. The molecule has 2 rings (SSSR count). The predicted molar refractivity (Wildman–Crippen MR) is 79.3 cm³/mol. The van der Waals surface area contributed by atoms with Gasteiger partial charge in [0.15, 0.2) is 0 Å². The third kappa shape index (κ3) is 3.63. The molecule has 19 heavy (non-hydrogen) atoms. The van der Waals surface area contributed by atoms with Gasteiger partial charge >= 0.3 is 0 Å². The molecule has 0 radical (unpaired) electrons. The second-order valence-corrected chi connectivity index (χ2v) is 5.31. The number of anilines is 2. The van der Waals surface area contributed by atoms with Crippen molar-refractivity contribution >= 4 is 17.3 Å². The van der Waals surface area contributed by atoms with Crippen molar-refractivity contribution in [2.24, 2.45) is 5.92 Å². The summed E-state index contributed by atoms with van der Waals surface area (Å²) in [4.78, 5) is 11.9. The minimum atomic E-state index is -0.0798. The Kier molecular flexibility index (Phi) is 4.30. The van der Waals surface area contributed by atoms with Crippen LogP contribution in [0.2, 0.25) is 0 Å². The molecule has 0 aromatic heterocycles. The molecular formula is C15H23N3O. The molecule has 0 saturated heterocycles. The fraction of sp³-hybridized carbons (Fsp3) is 0.533. The summed E-state index contributed by atoms with van der Waals surface area (Å²) in [5.41, 5.74) is 8.00. The molecular weight excluding hydrogens is 238 g/mol. The van der Waals surface area contributed by atoms with Gasteiger partial charge in [-0.05, 0) is 37.0 Å². The van der Waals surface area contributed by atoms with Crippen LogP contribution in [-0.2, 0) is 0 Å². The molecule has 0 bridgehead atoms. The van der Waals surface area contributed by atoms with Crippen LogP contribution < -0.4 is 16.4 Å². The summed E-state index contributed by atoms with van der Waals surface area (Å²) in [6.45, 7) is 2.17. The Morgan fingerprint density at radius 1 is 1.47 bits per heavy atom. The Morgan fingerprint density at radius 2 is 2.21 bits per heavy atom. The van der Waals surface area contributed by atoms with Crippen LogP contribution in [-0.4, -0.2) is 19.0 Å². The van der Waals surface area contributed by atoms with Gasteiger partial charge in [0.2, 0.25) is 0 Å². The normalized spacial score (nSPS) is 15.9. The molecule has 0 heterocycles. The molecule has 1 aliphatic rings. The zero-order chi connectivity index (χ0) is 13.8. The topological polar surface area (TPSA) is 67.1 Å². The molecule has 1 amide bonds. The van der Waals surface area contributed by atoms with Crippen LogP contribution in [0.5, 0.6) is 0 Å². The van der Waals surface area contributed by atoms with Crippen LogP contribution in [0, 0.1) is 5.92 Å². The predicted octanol–water partition coefficient (Wildman–Crippen LogP) is 2.62. The van der Waals surface area contributed by atoms with Crippen LogP contribution >= 0.6 is 0 Å². The summed E-state index contributed by atoms with van der Waals surface area (Å²) < 4.78 is 0. The average molecular weight is 261 g/mol. The number of nitrogen functional groups attached to an aromatic ring is 1. The highest BCUT2D eigenvalue weighted by atomic mass is 16.1. The number of nitrogens with one attached hydrogen (secondary N) is 2. The Morgan fingerprint density at radius 3 is 2.79 bits per heavy atom. The molecule has 1 fully saturated rings. The minimum absolute atomic E-state index is 0.0798. The largest absolute Gasteiger partial charge is 0.399 e. The standard InChI is InChI=1S/C15H23N3O/c1-3-12(8-10-4-5-10)18-14-9-11(16)6-7-13(14)15(19)17-2/h6-7,9-10,12,18H,3-5,8,16H2,1-2H3,(H,17,19). The fourth-order valence-corrected chi connectivity index (χ4v) is 2.32. The van der Waals surface area contributed by atoms with Crippen LogP contribution in [0.15, 0.2) is 18.2 Å². The highest BCUT2D eigenvalue weighted by Gasteiger charge is 2.25. The van der Waals surface area contributed by atoms with Gasteiger partial charge in [-0.25, -0.2) is 0 Å². The first-order valence-electron chi connectivity index (χ1n) is 7.02. The number of benzene rings is 1. The fourth-order valence-electron chi connectivity index (χ4n) is 2.32. The number of hydrogen-bond acceptors (Lipinski definition) is 3. The van der Waals surface area contributed by atoms with Crippen molar-refractivity contribution in [1.29, 1.82) is 0 Å². The number of hydrogen-bond donors (Lipinski definition) is 3. The first-order chi connectivity index (χ1) is 9.13. The molecule has 4 nitrogen and oxygen atoms in total. The van der Waals surface area contributed by atoms with Crippen molar-refractivity contribution in [3.05, 3.63) is 23.8 Å². The van der Waals surface area contributed by atoms with Gasteiger partial charge in [-0.2, -0.15) is 0 Å². The summed E-state index contributed by atoms with van der Waals surface area (Å²) in [6.07, 6.45) is 4.92. The number of amides is 1. The van der Waals surface area contributed by atoms with E-state index in [1.807, 2.05) is 6.07 Å². The van der Waals surface area contributed by atoms with Crippen LogP contribution in [0.1, 0.15) is 43.0 Å². The first kappa shape index (κ1) is 13.7. The first-order valence-corrected chi connectivity index (χ1v) is 7.02. The third-order valence-corrected chi connectivity index (χ3v) is 3.68. The van der Waals surface area contributed by atoms with Crippen LogP contribution in [0.4, 0.5) is 11.4 Å². The molecule has 1 aromatic carbocycles.